The number of likely N-dealkylation sites (tertiary alicyclic amines) is 1. The Labute approximate surface area is 222 Å². The summed E-state index contributed by atoms with van der Waals surface area (Å²) < 4.78 is 27.5. The molecule has 1 aromatic heterocycles. The van der Waals surface area contributed by atoms with Crippen LogP contribution in [0.15, 0.2) is 71.4 Å². The number of hydrogen-bond acceptors (Lipinski definition) is 6. The molecule has 3 aromatic rings. The molecule has 1 saturated heterocycles. The van der Waals surface area contributed by atoms with Crippen LogP contribution in [0.5, 0.6) is 0 Å². The fourth-order valence-corrected chi connectivity index (χ4v) is 5.96. The summed E-state index contributed by atoms with van der Waals surface area (Å²) in [5.74, 6) is 0.894. The van der Waals surface area contributed by atoms with E-state index in [9.17, 15) is 23.3 Å². The van der Waals surface area contributed by atoms with Crippen molar-refractivity contribution in [1.29, 1.82) is 0 Å². The molecular weight excluding hydrogens is 504 g/mol. The molecule has 38 heavy (non-hydrogen) atoms. The van der Waals surface area contributed by atoms with Crippen LogP contribution in [0, 0.1) is 17.0 Å². The van der Waals surface area contributed by atoms with E-state index in [-0.39, 0.29) is 23.3 Å². The van der Waals surface area contributed by atoms with Gasteiger partial charge in [-0.25, -0.2) is 13.4 Å². The number of rotatable bonds is 9. The van der Waals surface area contributed by atoms with Gasteiger partial charge >= 0.3 is 0 Å². The number of carbonyl (C=O) groups is 1. The Balaban J connectivity index is 1.38. The second-order valence-corrected chi connectivity index (χ2v) is 11.7. The summed E-state index contributed by atoms with van der Waals surface area (Å²) in [6.45, 7) is 5.25. The lowest BCUT2D eigenvalue weighted by Crippen LogP contribution is -2.39. The van der Waals surface area contributed by atoms with Crippen LogP contribution in [-0.2, 0) is 21.2 Å². The van der Waals surface area contributed by atoms with Crippen molar-refractivity contribution >= 4 is 27.5 Å². The van der Waals surface area contributed by atoms with Gasteiger partial charge in [-0.05, 0) is 50.0 Å². The third kappa shape index (κ3) is 6.36. The van der Waals surface area contributed by atoms with Crippen molar-refractivity contribution in [3.8, 4) is 0 Å². The highest BCUT2D eigenvalue weighted by Crippen LogP contribution is 2.29. The fourth-order valence-electron chi connectivity index (χ4n) is 4.74. The monoisotopic (exact) mass is 536 g/mol. The normalized spacial score (nSPS) is 15.0. The first-order chi connectivity index (χ1) is 18.2. The lowest BCUT2D eigenvalue weighted by molar-refractivity contribution is -0.384. The molecule has 0 spiro atoms. The third-order valence-corrected chi connectivity index (χ3v) is 8.66. The summed E-state index contributed by atoms with van der Waals surface area (Å²) in [7, 11) is -3.41. The van der Waals surface area contributed by atoms with E-state index in [1.807, 2.05) is 29.5 Å². The van der Waals surface area contributed by atoms with E-state index >= 15 is 0 Å². The number of nitro benzene ring substituents is 1. The lowest BCUT2D eigenvalue weighted by atomic mass is 9.95. The largest absolute Gasteiger partial charge is 0.339 e. The van der Waals surface area contributed by atoms with Gasteiger partial charge in [0, 0.05) is 55.7 Å². The predicted octanol–water partition coefficient (Wildman–Crippen LogP) is 4.77. The maximum absolute atomic E-state index is 13.2. The van der Waals surface area contributed by atoms with E-state index in [0.717, 1.165) is 24.2 Å². The number of hydrogen-bond donors (Lipinski definition) is 0. The fraction of sp³-hybridized carbons (Fsp3) is 0.357. The van der Waals surface area contributed by atoms with Gasteiger partial charge < -0.3 is 9.47 Å². The Kier molecular flexibility index (Phi) is 8.41. The molecule has 0 bridgehead atoms. The van der Waals surface area contributed by atoms with Crippen LogP contribution < -0.4 is 0 Å². The standard InChI is InChI=1S/C28H32N4O5S/c1-3-23(19-22-5-4-6-25(20-22)32(34)35)28(33)31-14-11-24(12-15-31)27-29-13-16-30(27)17-18-38(36,37)26-9-7-21(2)8-10-26/h4-10,13,16,19-20,24H,3,11-12,14-15,17-18H2,1-2H3. The van der Waals surface area contributed by atoms with Crippen LogP contribution in [0.1, 0.15) is 49.1 Å². The Hall–Kier alpha value is -3.79. The molecule has 0 unspecified atom stereocenters. The Morgan fingerprint density at radius 3 is 2.53 bits per heavy atom. The van der Waals surface area contributed by atoms with E-state index in [1.54, 1.807) is 48.7 Å². The number of benzene rings is 2. The van der Waals surface area contributed by atoms with Crippen LogP contribution in [0.25, 0.3) is 6.08 Å². The summed E-state index contributed by atoms with van der Waals surface area (Å²) in [6.07, 6.45) is 7.20. The van der Waals surface area contributed by atoms with Crippen molar-refractivity contribution in [3.05, 3.63) is 93.6 Å². The molecule has 1 aliphatic rings. The maximum atomic E-state index is 13.2. The smallest absolute Gasteiger partial charge is 0.270 e. The van der Waals surface area contributed by atoms with Crippen molar-refractivity contribution < 1.29 is 18.1 Å². The second kappa shape index (κ2) is 11.7. The molecule has 0 saturated carbocycles. The summed E-state index contributed by atoms with van der Waals surface area (Å²) in [5, 5.41) is 11.1. The van der Waals surface area contributed by atoms with Gasteiger partial charge in [-0.15, -0.1) is 0 Å². The molecule has 9 nitrogen and oxygen atoms in total. The minimum absolute atomic E-state index is 0.00960. The van der Waals surface area contributed by atoms with Crippen LogP contribution in [0.4, 0.5) is 5.69 Å². The Morgan fingerprint density at radius 1 is 1.16 bits per heavy atom. The molecule has 10 heteroatoms. The van der Waals surface area contributed by atoms with Gasteiger partial charge in [0.1, 0.15) is 5.82 Å². The molecular formula is C28H32N4O5S. The molecule has 0 atom stereocenters. The first-order valence-corrected chi connectivity index (χ1v) is 14.4. The lowest BCUT2D eigenvalue weighted by Gasteiger charge is -2.32. The summed E-state index contributed by atoms with van der Waals surface area (Å²) >= 11 is 0. The molecule has 2 aromatic carbocycles. The number of amides is 1. The van der Waals surface area contributed by atoms with Crippen molar-refractivity contribution in [2.75, 3.05) is 18.8 Å². The zero-order valence-electron chi connectivity index (χ0n) is 21.6. The van der Waals surface area contributed by atoms with Gasteiger partial charge in [-0.2, -0.15) is 0 Å². The predicted molar refractivity (Wildman–Crippen MR) is 145 cm³/mol. The first kappa shape index (κ1) is 27.3. The molecule has 2 heterocycles. The number of aryl methyl sites for hydroxylation is 2. The topological polar surface area (TPSA) is 115 Å². The van der Waals surface area contributed by atoms with Crippen LogP contribution in [0.2, 0.25) is 0 Å². The number of imidazole rings is 1. The third-order valence-electron chi connectivity index (χ3n) is 6.95. The number of aromatic nitrogens is 2. The van der Waals surface area contributed by atoms with Gasteiger partial charge in [-0.3, -0.25) is 14.9 Å². The van der Waals surface area contributed by atoms with Gasteiger partial charge in [-0.1, -0.05) is 36.8 Å². The number of carbonyl (C=O) groups excluding carboxylic acids is 1. The zero-order valence-corrected chi connectivity index (χ0v) is 22.4. The number of nitrogens with zero attached hydrogens (tertiary/aromatic N) is 4. The van der Waals surface area contributed by atoms with Crippen molar-refractivity contribution in [2.24, 2.45) is 0 Å². The van der Waals surface area contributed by atoms with E-state index in [4.69, 9.17) is 0 Å². The molecule has 200 valence electrons. The maximum Gasteiger partial charge on any atom is 0.270 e. The van der Waals surface area contributed by atoms with Crippen molar-refractivity contribution in [3.63, 3.8) is 0 Å². The van der Waals surface area contributed by atoms with Gasteiger partial charge in [0.15, 0.2) is 9.84 Å². The Bertz CT molecular complexity index is 1440. The summed E-state index contributed by atoms with van der Waals surface area (Å²) in [5.41, 5.74) is 2.23. The number of piperidine rings is 1. The van der Waals surface area contributed by atoms with E-state index in [2.05, 4.69) is 4.98 Å². The average Bonchev–Trinajstić information content (AvgIpc) is 3.39. The highest BCUT2D eigenvalue weighted by atomic mass is 32.2. The number of non-ortho nitro benzene ring substituents is 1. The van der Waals surface area contributed by atoms with Crippen molar-refractivity contribution in [2.45, 2.75) is 50.5 Å². The second-order valence-electron chi connectivity index (χ2n) is 9.55. The molecule has 1 fully saturated rings. The van der Waals surface area contributed by atoms with Crippen LogP contribution in [0.3, 0.4) is 0 Å². The van der Waals surface area contributed by atoms with E-state index in [0.29, 0.717) is 42.1 Å². The molecule has 1 aliphatic heterocycles. The van der Waals surface area contributed by atoms with Crippen LogP contribution in [-0.4, -0.2) is 52.5 Å². The van der Waals surface area contributed by atoms with Gasteiger partial charge in [0.25, 0.3) is 5.69 Å². The molecule has 0 aliphatic carbocycles. The number of nitro groups is 1. The zero-order chi connectivity index (χ0) is 27.3. The molecule has 0 N–H and O–H groups in total. The Morgan fingerprint density at radius 2 is 1.87 bits per heavy atom. The summed E-state index contributed by atoms with van der Waals surface area (Å²) in [4.78, 5) is 30.5. The minimum atomic E-state index is -3.41. The molecule has 4 rings (SSSR count). The number of sulfone groups is 1. The molecule has 1 amide bonds. The van der Waals surface area contributed by atoms with E-state index in [1.165, 1.54) is 12.1 Å². The SMILES string of the molecule is CCC(=Cc1cccc([N+](=O)[O-])c1)C(=O)N1CCC(c2nccn2CCS(=O)(=O)c2ccc(C)cc2)CC1. The van der Waals surface area contributed by atoms with E-state index < -0.39 is 14.8 Å². The quantitative estimate of drug-likeness (QED) is 0.221. The average molecular weight is 537 g/mol. The van der Waals surface area contributed by atoms with Gasteiger partial charge in [0.2, 0.25) is 5.91 Å². The van der Waals surface area contributed by atoms with Crippen molar-refractivity contribution in [1.82, 2.24) is 14.5 Å². The minimum Gasteiger partial charge on any atom is -0.339 e. The summed E-state index contributed by atoms with van der Waals surface area (Å²) in [6, 6.07) is 13.1. The van der Waals surface area contributed by atoms with Gasteiger partial charge in [0.05, 0.1) is 15.6 Å². The first-order valence-electron chi connectivity index (χ1n) is 12.7. The van der Waals surface area contributed by atoms with Crippen LogP contribution >= 0.6 is 0 Å². The highest BCUT2D eigenvalue weighted by Gasteiger charge is 2.28. The molecule has 0 radical (unpaired) electrons. The highest BCUT2D eigenvalue weighted by molar-refractivity contribution is 7.91.